The van der Waals surface area contributed by atoms with Gasteiger partial charge in [0.1, 0.15) is 5.82 Å². The van der Waals surface area contributed by atoms with Gasteiger partial charge in [-0.1, -0.05) is 43.7 Å². The van der Waals surface area contributed by atoms with E-state index >= 15 is 0 Å². The van der Waals surface area contributed by atoms with E-state index in [1.54, 1.807) is 4.90 Å². The minimum atomic E-state index is -4.48. The quantitative estimate of drug-likeness (QED) is 0.467. The number of amides is 1. The zero-order valence-corrected chi connectivity index (χ0v) is 20.4. The fourth-order valence-electron chi connectivity index (χ4n) is 4.53. The van der Waals surface area contributed by atoms with Crippen LogP contribution in [0.15, 0.2) is 48.5 Å². The SMILES string of the molecule is Cc1cccc(-c2nc(C)c(C(C)C)c(N3CCN(C(=O)c4cccc(C(F)(F)F)c4)CC3)n2)c1. The van der Waals surface area contributed by atoms with E-state index in [4.69, 9.17) is 9.97 Å². The summed E-state index contributed by atoms with van der Waals surface area (Å²) in [7, 11) is 0. The number of carbonyl (C=O) groups is 1. The molecule has 1 aliphatic heterocycles. The number of alkyl halides is 3. The highest BCUT2D eigenvalue weighted by atomic mass is 19.4. The molecule has 0 unspecified atom stereocenters. The van der Waals surface area contributed by atoms with Gasteiger partial charge in [0.15, 0.2) is 5.82 Å². The van der Waals surface area contributed by atoms with Crippen LogP contribution in [0.4, 0.5) is 19.0 Å². The Kier molecular flexibility index (Phi) is 6.83. The molecule has 1 aromatic heterocycles. The van der Waals surface area contributed by atoms with Crippen LogP contribution in [0.1, 0.15) is 52.5 Å². The van der Waals surface area contributed by atoms with Crippen molar-refractivity contribution in [2.75, 3.05) is 31.1 Å². The molecular formula is C27H29F3N4O. The van der Waals surface area contributed by atoms with Gasteiger partial charge in [0.25, 0.3) is 5.91 Å². The lowest BCUT2D eigenvalue weighted by Crippen LogP contribution is -2.49. The third-order valence-electron chi connectivity index (χ3n) is 6.27. The highest BCUT2D eigenvalue weighted by molar-refractivity contribution is 5.94. The zero-order valence-electron chi connectivity index (χ0n) is 20.4. The summed E-state index contributed by atoms with van der Waals surface area (Å²) < 4.78 is 39.2. The summed E-state index contributed by atoms with van der Waals surface area (Å²) in [5.41, 5.74) is 3.30. The first-order valence-electron chi connectivity index (χ1n) is 11.7. The smallest absolute Gasteiger partial charge is 0.353 e. The van der Waals surface area contributed by atoms with Gasteiger partial charge in [0.05, 0.1) is 5.56 Å². The molecule has 2 heterocycles. The summed E-state index contributed by atoms with van der Waals surface area (Å²) >= 11 is 0. The van der Waals surface area contributed by atoms with Crippen LogP contribution in [0.25, 0.3) is 11.4 Å². The predicted octanol–water partition coefficient (Wildman–Crippen LogP) is 5.87. The molecule has 0 spiro atoms. The first-order valence-corrected chi connectivity index (χ1v) is 11.7. The highest BCUT2D eigenvalue weighted by Crippen LogP contribution is 2.32. The Bertz CT molecular complexity index is 1230. The van der Waals surface area contributed by atoms with Gasteiger partial charge in [-0.2, -0.15) is 13.2 Å². The molecule has 35 heavy (non-hydrogen) atoms. The van der Waals surface area contributed by atoms with E-state index in [0.717, 1.165) is 40.3 Å². The molecule has 0 saturated carbocycles. The van der Waals surface area contributed by atoms with Crippen molar-refractivity contribution >= 4 is 11.7 Å². The number of aryl methyl sites for hydroxylation is 2. The molecule has 184 valence electrons. The maximum Gasteiger partial charge on any atom is 0.416 e. The van der Waals surface area contributed by atoms with Crippen molar-refractivity contribution in [2.24, 2.45) is 0 Å². The summed E-state index contributed by atoms with van der Waals surface area (Å²) in [6, 6.07) is 12.7. The van der Waals surface area contributed by atoms with Crippen molar-refractivity contribution in [1.82, 2.24) is 14.9 Å². The van der Waals surface area contributed by atoms with Crippen LogP contribution >= 0.6 is 0 Å². The van der Waals surface area contributed by atoms with Crippen LogP contribution in [-0.2, 0) is 6.18 Å². The predicted molar refractivity (Wildman–Crippen MR) is 131 cm³/mol. The number of hydrogen-bond donors (Lipinski definition) is 0. The molecule has 3 aromatic rings. The van der Waals surface area contributed by atoms with Crippen LogP contribution in [0, 0.1) is 13.8 Å². The fraction of sp³-hybridized carbons (Fsp3) is 0.370. The molecule has 5 nitrogen and oxygen atoms in total. The summed E-state index contributed by atoms with van der Waals surface area (Å²) in [6.45, 7) is 10.1. The average Bonchev–Trinajstić information content (AvgIpc) is 2.82. The van der Waals surface area contributed by atoms with Gasteiger partial charge in [0.2, 0.25) is 0 Å². The topological polar surface area (TPSA) is 49.3 Å². The summed E-state index contributed by atoms with van der Waals surface area (Å²) in [4.78, 5) is 26.4. The van der Waals surface area contributed by atoms with Gasteiger partial charge in [-0.3, -0.25) is 4.79 Å². The normalized spacial score (nSPS) is 14.5. The number of piperazine rings is 1. The lowest BCUT2D eigenvalue weighted by atomic mass is 10.0. The van der Waals surface area contributed by atoms with E-state index in [0.29, 0.717) is 32.0 Å². The lowest BCUT2D eigenvalue weighted by molar-refractivity contribution is -0.137. The summed E-state index contributed by atoms with van der Waals surface area (Å²) in [5, 5.41) is 0. The number of anilines is 1. The highest BCUT2D eigenvalue weighted by Gasteiger charge is 2.32. The van der Waals surface area contributed by atoms with Crippen LogP contribution < -0.4 is 4.90 Å². The standard InChI is InChI=1S/C27H29F3N4O/c1-17(2)23-19(4)31-24(20-8-5-7-18(3)15-20)32-25(23)33-11-13-34(14-12-33)26(35)21-9-6-10-22(16-21)27(28,29)30/h5-10,15-17H,11-14H2,1-4H3. The maximum absolute atomic E-state index is 13.1. The Hall–Kier alpha value is -3.42. The van der Waals surface area contributed by atoms with E-state index < -0.39 is 11.7 Å². The number of halogens is 3. The number of hydrogen-bond acceptors (Lipinski definition) is 4. The molecule has 1 amide bonds. The van der Waals surface area contributed by atoms with Gasteiger partial charge in [0, 0.05) is 48.6 Å². The van der Waals surface area contributed by atoms with Crippen LogP contribution in [-0.4, -0.2) is 47.0 Å². The van der Waals surface area contributed by atoms with Crippen molar-refractivity contribution < 1.29 is 18.0 Å². The summed E-state index contributed by atoms with van der Waals surface area (Å²) in [5.74, 6) is 1.34. The monoisotopic (exact) mass is 482 g/mol. The van der Waals surface area contributed by atoms with Gasteiger partial charge >= 0.3 is 6.18 Å². The third-order valence-corrected chi connectivity index (χ3v) is 6.27. The van der Waals surface area contributed by atoms with E-state index in [2.05, 4.69) is 24.8 Å². The van der Waals surface area contributed by atoms with Crippen LogP contribution in [0.2, 0.25) is 0 Å². The van der Waals surface area contributed by atoms with Crippen LogP contribution in [0.5, 0.6) is 0 Å². The van der Waals surface area contributed by atoms with Gasteiger partial charge < -0.3 is 9.80 Å². The number of nitrogens with zero attached hydrogens (tertiary/aromatic N) is 4. The minimum Gasteiger partial charge on any atom is -0.353 e. The van der Waals surface area contributed by atoms with Gasteiger partial charge in [-0.15, -0.1) is 0 Å². The molecule has 1 fully saturated rings. The molecule has 0 atom stereocenters. The maximum atomic E-state index is 13.1. The molecular weight excluding hydrogens is 453 g/mol. The van der Waals surface area contributed by atoms with E-state index in [1.807, 2.05) is 32.0 Å². The molecule has 8 heteroatoms. The van der Waals surface area contributed by atoms with Gasteiger partial charge in [-0.25, -0.2) is 9.97 Å². The number of rotatable bonds is 4. The van der Waals surface area contributed by atoms with Crippen molar-refractivity contribution in [3.8, 4) is 11.4 Å². The summed E-state index contributed by atoms with van der Waals surface area (Å²) in [6.07, 6.45) is -4.48. The molecule has 0 radical (unpaired) electrons. The molecule has 4 rings (SSSR count). The van der Waals surface area contributed by atoms with Crippen molar-refractivity contribution in [2.45, 2.75) is 39.8 Å². The molecule has 0 aliphatic carbocycles. The molecule has 0 N–H and O–H groups in total. The van der Waals surface area contributed by atoms with E-state index in [1.165, 1.54) is 12.1 Å². The Morgan fingerprint density at radius 1 is 0.943 bits per heavy atom. The van der Waals surface area contributed by atoms with Crippen molar-refractivity contribution in [3.05, 3.63) is 76.5 Å². The lowest BCUT2D eigenvalue weighted by Gasteiger charge is -2.37. The first kappa shape index (κ1) is 24.7. The molecule has 2 aromatic carbocycles. The second-order valence-electron chi connectivity index (χ2n) is 9.25. The molecule has 1 saturated heterocycles. The Labute approximate surface area is 203 Å². The Balaban J connectivity index is 1.57. The largest absolute Gasteiger partial charge is 0.416 e. The average molecular weight is 483 g/mol. The number of benzene rings is 2. The fourth-order valence-corrected chi connectivity index (χ4v) is 4.53. The second kappa shape index (κ2) is 9.68. The number of carbonyl (C=O) groups excluding carboxylic acids is 1. The second-order valence-corrected chi connectivity index (χ2v) is 9.25. The molecule has 1 aliphatic rings. The number of aromatic nitrogens is 2. The Morgan fingerprint density at radius 3 is 2.26 bits per heavy atom. The van der Waals surface area contributed by atoms with E-state index in [-0.39, 0.29) is 17.4 Å². The minimum absolute atomic E-state index is 0.0516. The van der Waals surface area contributed by atoms with Gasteiger partial charge in [-0.05, 0) is 44.0 Å². The van der Waals surface area contributed by atoms with Crippen molar-refractivity contribution in [3.63, 3.8) is 0 Å². The first-order chi connectivity index (χ1) is 16.5. The van der Waals surface area contributed by atoms with Crippen molar-refractivity contribution in [1.29, 1.82) is 0 Å². The van der Waals surface area contributed by atoms with E-state index in [9.17, 15) is 18.0 Å². The molecule has 0 bridgehead atoms. The Morgan fingerprint density at radius 2 is 1.63 bits per heavy atom. The van der Waals surface area contributed by atoms with Crippen LogP contribution in [0.3, 0.4) is 0 Å². The zero-order chi connectivity index (χ0) is 25.3. The third kappa shape index (κ3) is 5.31.